The number of alkyl halides is 1. The first-order valence-corrected chi connectivity index (χ1v) is 11.4. The number of aliphatic carboxylic acids is 1. The van der Waals surface area contributed by atoms with Gasteiger partial charge in [-0.2, -0.15) is 0 Å². The Morgan fingerprint density at radius 3 is 2.52 bits per heavy atom. The van der Waals surface area contributed by atoms with Crippen molar-refractivity contribution in [1.29, 1.82) is 0 Å². The molecule has 27 heavy (non-hydrogen) atoms. The Balaban J connectivity index is 0.00000261. The summed E-state index contributed by atoms with van der Waals surface area (Å²) in [6, 6.07) is 0.887. The summed E-state index contributed by atoms with van der Waals surface area (Å²) in [7, 11) is 0. The van der Waals surface area contributed by atoms with E-state index in [0.29, 0.717) is 12.1 Å². The summed E-state index contributed by atoms with van der Waals surface area (Å²) in [5.74, 6) is 0.313. The molecule has 0 aromatic rings. The van der Waals surface area contributed by atoms with Crippen molar-refractivity contribution >= 4 is 27.9 Å². The third-order valence-electron chi connectivity index (χ3n) is 6.61. The third-order valence-corrected chi connectivity index (χ3v) is 8.16. The van der Waals surface area contributed by atoms with Gasteiger partial charge in [0.2, 0.25) is 0 Å². The lowest BCUT2D eigenvalue weighted by Crippen LogP contribution is -3.00. The van der Waals surface area contributed by atoms with Gasteiger partial charge in [0.1, 0.15) is 12.1 Å². The van der Waals surface area contributed by atoms with Crippen LogP contribution < -0.4 is 23.0 Å². The molecule has 0 radical (unpaired) electrons. The first-order valence-electron chi connectivity index (χ1n) is 10.6. The Labute approximate surface area is 178 Å². The molecule has 7 heteroatoms. The molecule has 0 amide bonds. The van der Waals surface area contributed by atoms with Gasteiger partial charge in [-0.1, -0.05) is 67.8 Å². The minimum absolute atomic E-state index is 0. The Bertz CT molecular complexity index is 559. The van der Waals surface area contributed by atoms with Crippen molar-refractivity contribution in [2.45, 2.75) is 113 Å². The van der Waals surface area contributed by atoms with Crippen LogP contribution in [0.3, 0.4) is 0 Å². The van der Waals surface area contributed by atoms with Crippen LogP contribution in [-0.2, 0) is 4.79 Å². The van der Waals surface area contributed by atoms with E-state index in [9.17, 15) is 9.90 Å². The van der Waals surface area contributed by atoms with Crippen LogP contribution in [0.4, 0.5) is 0 Å². The molecule has 0 bridgehead atoms. The summed E-state index contributed by atoms with van der Waals surface area (Å²) < 4.78 is 1.42. The average Bonchev–Trinajstić information content (AvgIpc) is 3.04. The Morgan fingerprint density at radius 2 is 1.85 bits per heavy atom. The van der Waals surface area contributed by atoms with Crippen LogP contribution in [0.25, 0.3) is 0 Å². The van der Waals surface area contributed by atoms with Gasteiger partial charge in [0.05, 0.1) is 12.1 Å². The summed E-state index contributed by atoms with van der Waals surface area (Å²) >= 11 is 3.59. The number of halogens is 2. The smallest absolute Gasteiger partial charge is 0.346 e. The summed E-state index contributed by atoms with van der Waals surface area (Å²) in [4.78, 5) is 11.9. The van der Waals surface area contributed by atoms with E-state index in [1.165, 1.54) is 51.4 Å². The van der Waals surface area contributed by atoms with E-state index >= 15 is 0 Å². The molecule has 5 atom stereocenters. The van der Waals surface area contributed by atoms with Gasteiger partial charge in [0.15, 0.2) is 4.32 Å². The van der Waals surface area contributed by atoms with Gasteiger partial charge >= 0.3 is 11.9 Å². The van der Waals surface area contributed by atoms with Gasteiger partial charge in [-0.05, 0) is 26.2 Å². The van der Waals surface area contributed by atoms with Gasteiger partial charge in [0.25, 0.3) is 0 Å². The second kappa shape index (κ2) is 9.82. The van der Waals surface area contributed by atoms with E-state index in [2.05, 4.69) is 38.1 Å². The molecule has 3 rings (SSSR count). The lowest BCUT2D eigenvalue weighted by Gasteiger charge is -2.42. The van der Waals surface area contributed by atoms with Crippen molar-refractivity contribution in [1.82, 2.24) is 10.6 Å². The third kappa shape index (κ3) is 4.58. The van der Waals surface area contributed by atoms with Crippen molar-refractivity contribution in [2.24, 2.45) is 0 Å². The molecule has 3 heterocycles. The molecule has 0 spiro atoms. The Kier molecular flexibility index (Phi) is 8.29. The number of carboxylic acids is 1. The molecule has 5 nitrogen and oxygen atoms in total. The molecule has 3 N–H and O–H groups in total. The Morgan fingerprint density at radius 1 is 1.19 bits per heavy atom. The maximum atomic E-state index is 11.9. The highest BCUT2D eigenvalue weighted by Gasteiger charge is 2.61. The molecule has 1 saturated heterocycles. The van der Waals surface area contributed by atoms with E-state index in [4.69, 9.17) is 0 Å². The van der Waals surface area contributed by atoms with Gasteiger partial charge in [0, 0.05) is 6.42 Å². The molecule has 1 fully saturated rings. The highest BCUT2D eigenvalue weighted by Crippen LogP contribution is 2.41. The fourth-order valence-corrected chi connectivity index (χ4v) is 5.66. The van der Waals surface area contributed by atoms with Crippen molar-refractivity contribution in [3.63, 3.8) is 0 Å². The number of carboxylic acid groups (broad SMARTS) is 1. The first kappa shape index (κ1) is 22.8. The quantitative estimate of drug-likeness (QED) is 0.266. The predicted molar refractivity (Wildman–Crippen MR) is 108 cm³/mol. The van der Waals surface area contributed by atoms with Gasteiger partial charge in [-0.3, -0.25) is 20.0 Å². The number of rotatable bonds is 9. The number of carbonyl (C=O) groups is 1. The van der Waals surface area contributed by atoms with Crippen molar-refractivity contribution in [2.75, 3.05) is 0 Å². The minimum atomic E-state index is -0.905. The highest BCUT2D eigenvalue weighted by molar-refractivity contribution is 9.10. The van der Waals surface area contributed by atoms with Crippen LogP contribution in [0.2, 0.25) is 0 Å². The van der Waals surface area contributed by atoms with Gasteiger partial charge in [-0.25, -0.2) is 0 Å². The zero-order valence-corrected chi connectivity index (χ0v) is 19.0. The zero-order chi connectivity index (χ0) is 18.7. The average molecular weight is 465 g/mol. The van der Waals surface area contributed by atoms with Gasteiger partial charge in [-0.15, -0.1) is 0 Å². The summed E-state index contributed by atoms with van der Waals surface area (Å²) in [6.45, 7) is 4.24. The highest BCUT2D eigenvalue weighted by atomic mass is 79.9. The van der Waals surface area contributed by atoms with Crippen LogP contribution in [0.15, 0.2) is 0 Å². The molecule has 156 valence electrons. The number of unbranched alkanes of at least 4 members (excludes halogenated alkanes) is 6. The molecule has 3 aliphatic rings. The van der Waals surface area contributed by atoms with Gasteiger partial charge < -0.3 is 17.5 Å². The number of hydrogen-bond acceptors (Lipinski definition) is 3. The molecule has 3 aliphatic heterocycles. The standard InChI is InChI=1S/C20H34BrN3O2.ClH/c1-3-4-5-6-7-8-9-10-15-13-16-11-12-17-20(21,18(25)26)14(2)22-19(23-15)24(16)17;/h14-17H,3-13H2,1-2H3,(H2,22,23,25,26);1H/t14-,15-,16+,17+,20+;/m1./s1. The van der Waals surface area contributed by atoms with E-state index in [0.717, 1.165) is 25.2 Å². The first-order chi connectivity index (χ1) is 12.5. The van der Waals surface area contributed by atoms with Crippen molar-refractivity contribution in [3.05, 3.63) is 0 Å². The van der Waals surface area contributed by atoms with Crippen LogP contribution in [-0.4, -0.2) is 50.1 Å². The maximum absolute atomic E-state index is 11.9. The van der Waals surface area contributed by atoms with E-state index < -0.39 is 10.3 Å². The number of guanidine groups is 1. The van der Waals surface area contributed by atoms with E-state index in [1.807, 2.05) is 6.92 Å². The monoisotopic (exact) mass is 463 g/mol. The SMILES string of the molecule is CCCCCCCCC[C@@H]1C[C@@H]2CC[C@@H]3[N+]2=C(N1)N[C@H](C)[C@@]3(Br)C(=O)O.[Cl-]. The second-order valence-electron chi connectivity index (χ2n) is 8.43. The fourth-order valence-electron chi connectivity index (χ4n) is 5.10. The van der Waals surface area contributed by atoms with Crippen LogP contribution in [0.1, 0.15) is 84.5 Å². The van der Waals surface area contributed by atoms with Crippen molar-refractivity contribution < 1.29 is 26.9 Å². The van der Waals surface area contributed by atoms with E-state index in [1.54, 1.807) is 0 Å². The minimum Gasteiger partial charge on any atom is -1.00 e. The topological polar surface area (TPSA) is 64.4 Å². The Hall–Kier alpha value is -0.490. The zero-order valence-electron chi connectivity index (χ0n) is 16.6. The number of nitrogens with zero attached hydrogens (tertiary/aromatic N) is 1. The summed E-state index contributed by atoms with van der Waals surface area (Å²) in [5, 5.41) is 16.9. The van der Waals surface area contributed by atoms with Crippen LogP contribution in [0.5, 0.6) is 0 Å². The molecule has 0 unspecified atom stereocenters. The molecular formula is C20H35BrClN3O2. The fraction of sp³-hybridized carbons (Fsp3) is 0.900. The predicted octanol–water partition coefficient (Wildman–Crippen LogP) is 0.603. The molecular weight excluding hydrogens is 430 g/mol. The van der Waals surface area contributed by atoms with Crippen LogP contribution >= 0.6 is 15.9 Å². The lowest BCUT2D eigenvalue weighted by molar-refractivity contribution is -0.595. The normalized spacial score (nSPS) is 34.3. The molecule has 0 aromatic heterocycles. The number of hydrogen-bond donors (Lipinski definition) is 3. The lowest BCUT2D eigenvalue weighted by atomic mass is 9.89. The summed E-state index contributed by atoms with van der Waals surface area (Å²) in [5.41, 5.74) is 0. The molecule has 0 aromatic carbocycles. The molecule has 0 aliphatic carbocycles. The van der Waals surface area contributed by atoms with Crippen molar-refractivity contribution in [3.8, 4) is 0 Å². The largest absolute Gasteiger partial charge is 1.00 e. The summed E-state index contributed by atoms with van der Waals surface area (Å²) in [6.07, 6.45) is 13.8. The second-order valence-corrected chi connectivity index (χ2v) is 9.74. The maximum Gasteiger partial charge on any atom is 0.346 e. The van der Waals surface area contributed by atoms with E-state index in [-0.39, 0.29) is 24.5 Å². The molecule has 0 saturated carbocycles. The number of nitrogens with one attached hydrogen (secondary N) is 2. The van der Waals surface area contributed by atoms with Crippen LogP contribution in [0, 0.1) is 0 Å².